The van der Waals surface area contributed by atoms with Gasteiger partial charge in [0.25, 0.3) is 0 Å². The first-order chi connectivity index (χ1) is 15.7. The minimum Gasteiger partial charge on any atom is -0.400 e. The number of ether oxygens (including phenoxy) is 1. The molecule has 5 aliphatic carbocycles. The zero-order valence-electron chi connectivity index (χ0n) is 22.1. The summed E-state index contributed by atoms with van der Waals surface area (Å²) in [6.07, 6.45) is 15.0. The average molecular weight is 465 g/mol. The van der Waals surface area contributed by atoms with Gasteiger partial charge in [-0.3, -0.25) is 0 Å². The minimum absolute atomic E-state index is 0.0675. The van der Waals surface area contributed by atoms with Crippen LogP contribution in [0.2, 0.25) is 0 Å². The molecule has 4 heteroatoms. The average Bonchev–Trinajstić information content (AvgIpc) is 3.47. The van der Waals surface area contributed by atoms with E-state index in [2.05, 4.69) is 27.7 Å². The molecule has 6 aliphatic rings. The molecule has 0 bridgehead atoms. The highest BCUT2D eigenvalue weighted by Gasteiger charge is 2.64. The summed E-state index contributed by atoms with van der Waals surface area (Å²) in [4.78, 5) is 0. The second-order valence-corrected chi connectivity index (χ2v) is 13.2. The Kier molecular flexibility index (Phi) is 7.63. The molecule has 0 aromatic rings. The van der Waals surface area contributed by atoms with Crippen molar-refractivity contribution in [1.29, 1.82) is 0 Å². The third-order valence-electron chi connectivity index (χ3n) is 12.1. The van der Waals surface area contributed by atoms with Gasteiger partial charge in [0.05, 0.1) is 18.8 Å². The Bertz CT molecular complexity index is 664. The highest BCUT2D eigenvalue weighted by atomic mass is 16.6. The van der Waals surface area contributed by atoms with Crippen LogP contribution >= 0.6 is 0 Å². The zero-order valence-corrected chi connectivity index (χ0v) is 22.1. The smallest absolute Gasteiger partial charge is 0.0781 e. The second-order valence-electron chi connectivity index (χ2n) is 13.2. The van der Waals surface area contributed by atoms with Crippen LogP contribution in [0.5, 0.6) is 0 Å². The molecule has 5 saturated carbocycles. The quantitative estimate of drug-likeness (QED) is 0.453. The molecule has 0 radical (unpaired) electrons. The van der Waals surface area contributed by atoms with Crippen molar-refractivity contribution >= 4 is 0 Å². The van der Waals surface area contributed by atoms with E-state index in [0.29, 0.717) is 29.5 Å². The largest absolute Gasteiger partial charge is 0.400 e. The summed E-state index contributed by atoms with van der Waals surface area (Å²) in [7, 11) is 1.00. The van der Waals surface area contributed by atoms with Gasteiger partial charge in [0.2, 0.25) is 0 Å². The molecule has 6 rings (SSSR count). The van der Waals surface area contributed by atoms with E-state index in [1.807, 2.05) is 0 Å². The normalized spacial score (nSPS) is 54.2. The van der Waals surface area contributed by atoms with Crippen molar-refractivity contribution < 1.29 is 20.1 Å². The van der Waals surface area contributed by atoms with Crippen molar-refractivity contribution in [2.45, 2.75) is 111 Å². The van der Waals surface area contributed by atoms with E-state index in [9.17, 15) is 10.2 Å². The molecular formula is C29H52O4. The highest BCUT2D eigenvalue weighted by Crippen LogP contribution is 2.71. The molecule has 192 valence electrons. The number of fused-ring (bicyclic) bond motifs is 7. The van der Waals surface area contributed by atoms with E-state index in [4.69, 9.17) is 9.84 Å². The van der Waals surface area contributed by atoms with Crippen LogP contribution in [-0.2, 0) is 4.74 Å². The summed E-state index contributed by atoms with van der Waals surface area (Å²) in [6, 6.07) is 0. The fourth-order valence-corrected chi connectivity index (χ4v) is 10.3. The molecule has 0 spiro atoms. The molecule has 1 saturated heterocycles. The van der Waals surface area contributed by atoms with Gasteiger partial charge >= 0.3 is 0 Å². The third kappa shape index (κ3) is 4.23. The summed E-state index contributed by atoms with van der Waals surface area (Å²) in [6.45, 7) is 11.1. The van der Waals surface area contributed by atoms with Crippen molar-refractivity contribution in [2.24, 2.45) is 51.8 Å². The van der Waals surface area contributed by atoms with Gasteiger partial charge in [0.1, 0.15) is 0 Å². The number of aliphatic hydroxyl groups excluding tert-OH is 3. The van der Waals surface area contributed by atoms with Crippen LogP contribution in [0.3, 0.4) is 0 Å². The van der Waals surface area contributed by atoms with Crippen LogP contribution < -0.4 is 0 Å². The van der Waals surface area contributed by atoms with Gasteiger partial charge in [0.15, 0.2) is 0 Å². The van der Waals surface area contributed by atoms with Gasteiger partial charge in [-0.05, 0) is 123 Å². The lowest BCUT2D eigenvalue weighted by Crippen LogP contribution is -2.61. The SMILES string of the molecule is CC1C(O)CCC2(C)C1CCC1(C)C3CCC4(CO)CCCC4C3CCC21.CC1CO1.CO. The predicted octanol–water partition coefficient (Wildman–Crippen LogP) is 5.43. The van der Waals surface area contributed by atoms with Crippen LogP contribution in [0.4, 0.5) is 0 Å². The maximum absolute atomic E-state index is 10.5. The van der Waals surface area contributed by atoms with E-state index < -0.39 is 0 Å². The van der Waals surface area contributed by atoms with E-state index in [-0.39, 0.29) is 11.5 Å². The van der Waals surface area contributed by atoms with E-state index >= 15 is 0 Å². The molecule has 4 nitrogen and oxygen atoms in total. The second kappa shape index (κ2) is 9.71. The highest BCUT2D eigenvalue weighted by molar-refractivity contribution is 5.13. The summed E-state index contributed by atoms with van der Waals surface area (Å²) in [5.41, 5.74) is 1.23. The summed E-state index contributed by atoms with van der Waals surface area (Å²) in [5, 5.41) is 27.8. The monoisotopic (exact) mass is 464 g/mol. The van der Waals surface area contributed by atoms with Crippen molar-refractivity contribution in [2.75, 3.05) is 20.3 Å². The first-order valence-electron chi connectivity index (χ1n) is 14.1. The Morgan fingerprint density at radius 2 is 1.39 bits per heavy atom. The van der Waals surface area contributed by atoms with Crippen molar-refractivity contribution in [3.05, 3.63) is 0 Å². The van der Waals surface area contributed by atoms with Gasteiger partial charge in [-0.2, -0.15) is 0 Å². The fraction of sp³-hybridized carbons (Fsp3) is 1.00. The lowest BCUT2D eigenvalue weighted by atomic mass is 9.37. The number of aliphatic hydroxyl groups is 3. The molecule has 1 heterocycles. The Morgan fingerprint density at radius 1 is 0.788 bits per heavy atom. The number of epoxide rings is 1. The Hall–Kier alpha value is -0.160. The van der Waals surface area contributed by atoms with Crippen molar-refractivity contribution in [3.63, 3.8) is 0 Å². The number of hydrogen-bond acceptors (Lipinski definition) is 4. The molecule has 11 atom stereocenters. The predicted molar refractivity (Wildman–Crippen MR) is 133 cm³/mol. The summed E-state index contributed by atoms with van der Waals surface area (Å²) < 4.78 is 4.71. The van der Waals surface area contributed by atoms with Gasteiger partial charge in [-0.25, -0.2) is 0 Å². The molecule has 1 aliphatic heterocycles. The molecule has 0 aromatic heterocycles. The summed E-state index contributed by atoms with van der Waals surface area (Å²) in [5.74, 6) is 4.62. The van der Waals surface area contributed by atoms with Crippen molar-refractivity contribution in [3.8, 4) is 0 Å². The third-order valence-corrected chi connectivity index (χ3v) is 12.1. The molecular weight excluding hydrogens is 412 g/mol. The number of rotatable bonds is 1. The number of hydrogen-bond donors (Lipinski definition) is 3. The van der Waals surface area contributed by atoms with Crippen LogP contribution in [0.1, 0.15) is 98.3 Å². The minimum atomic E-state index is -0.0675. The standard InChI is InChI=1S/C25H42O2.C3H6O.CH4O/c1-16-18-8-12-24(3)19-9-14-25(15-26)11-4-5-20(25)17(19)6-7-22(24)23(18,2)13-10-21(16)27;1-3-2-4-3;1-2/h16-22,26-27H,4-15H2,1-3H3;3H,2H2,1H3;2H,1H3. The Balaban J connectivity index is 0.000000384. The first-order valence-corrected chi connectivity index (χ1v) is 14.1. The lowest BCUT2D eigenvalue weighted by Gasteiger charge is -2.67. The first kappa shape index (κ1) is 25.9. The molecule has 6 fully saturated rings. The lowest BCUT2D eigenvalue weighted by molar-refractivity contribution is -0.197. The maximum atomic E-state index is 10.5. The van der Waals surface area contributed by atoms with Gasteiger partial charge < -0.3 is 20.1 Å². The van der Waals surface area contributed by atoms with E-state index in [1.165, 1.54) is 64.2 Å². The fourth-order valence-electron chi connectivity index (χ4n) is 10.3. The molecule has 0 amide bonds. The van der Waals surface area contributed by atoms with E-state index in [0.717, 1.165) is 49.7 Å². The van der Waals surface area contributed by atoms with Crippen LogP contribution in [0.25, 0.3) is 0 Å². The van der Waals surface area contributed by atoms with E-state index in [1.54, 1.807) is 0 Å². The van der Waals surface area contributed by atoms with Crippen molar-refractivity contribution in [1.82, 2.24) is 0 Å². The van der Waals surface area contributed by atoms with Crippen LogP contribution in [-0.4, -0.2) is 47.9 Å². The van der Waals surface area contributed by atoms with Gasteiger partial charge in [-0.1, -0.05) is 27.2 Å². The van der Waals surface area contributed by atoms with Gasteiger partial charge in [-0.15, -0.1) is 0 Å². The molecule has 33 heavy (non-hydrogen) atoms. The Labute approximate surface area is 202 Å². The molecule has 3 N–H and O–H groups in total. The zero-order chi connectivity index (χ0) is 24.0. The Morgan fingerprint density at radius 3 is 2.03 bits per heavy atom. The maximum Gasteiger partial charge on any atom is 0.0781 e. The topological polar surface area (TPSA) is 73.2 Å². The molecule has 0 aromatic carbocycles. The molecule has 11 unspecified atom stereocenters. The summed E-state index contributed by atoms with van der Waals surface area (Å²) >= 11 is 0. The van der Waals surface area contributed by atoms with Crippen LogP contribution in [0, 0.1) is 51.8 Å². The van der Waals surface area contributed by atoms with Crippen LogP contribution in [0.15, 0.2) is 0 Å². The van der Waals surface area contributed by atoms with Gasteiger partial charge in [0, 0.05) is 13.7 Å².